The van der Waals surface area contributed by atoms with Crippen LogP contribution in [0.1, 0.15) is 39.5 Å². The third kappa shape index (κ3) is 3.53. The topological polar surface area (TPSA) is 70.6 Å². The first-order valence-electron chi connectivity index (χ1n) is 8.69. The molecule has 6 nitrogen and oxygen atoms in total. The molecule has 0 saturated heterocycles. The van der Waals surface area contributed by atoms with Crippen molar-refractivity contribution in [1.29, 1.82) is 0 Å². The van der Waals surface area contributed by atoms with Crippen molar-refractivity contribution in [2.45, 2.75) is 39.5 Å². The Morgan fingerprint density at radius 3 is 2.38 bits per heavy atom. The van der Waals surface area contributed by atoms with Crippen molar-refractivity contribution in [1.82, 2.24) is 24.9 Å². The number of aromatic nitrogens is 5. The maximum absolute atomic E-state index is 4.77. The van der Waals surface area contributed by atoms with E-state index in [2.05, 4.69) is 38.7 Å². The van der Waals surface area contributed by atoms with Gasteiger partial charge in [0.1, 0.15) is 12.2 Å². The molecule has 3 heterocycles. The number of hydrogen-bond donors (Lipinski definition) is 1. The molecule has 0 atom stereocenters. The Bertz CT molecular complexity index is 760. The van der Waals surface area contributed by atoms with Gasteiger partial charge in [-0.1, -0.05) is 26.7 Å². The molecule has 0 spiro atoms. The minimum atomic E-state index is 0.782. The standard InChI is InChI=1S/C18H24N6/c1-3-5-11-24(12-6-4-2)18-15-17(20-13-21-18)23-16(22-15)14-7-9-19-10-8-14/h7-10,13H,3-6,11-12H2,1-2H3,(H,20,21,22,23). The van der Waals surface area contributed by atoms with E-state index in [0.717, 1.165) is 54.3 Å². The van der Waals surface area contributed by atoms with Gasteiger partial charge >= 0.3 is 0 Å². The SMILES string of the molecule is CCCCN(CCCC)c1ncnc2[nH]c(-c3ccncc3)nc12. The van der Waals surface area contributed by atoms with Crippen molar-refractivity contribution in [3.8, 4) is 11.4 Å². The second kappa shape index (κ2) is 7.86. The van der Waals surface area contributed by atoms with Gasteiger partial charge in [-0.15, -0.1) is 0 Å². The van der Waals surface area contributed by atoms with Crippen LogP contribution in [0.15, 0.2) is 30.9 Å². The van der Waals surface area contributed by atoms with E-state index in [1.54, 1.807) is 18.7 Å². The lowest BCUT2D eigenvalue weighted by Crippen LogP contribution is -2.26. The van der Waals surface area contributed by atoms with Crippen LogP contribution in [0.4, 0.5) is 5.82 Å². The molecule has 6 heteroatoms. The van der Waals surface area contributed by atoms with E-state index in [1.165, 1.54) is 12.8 Å². The number of unbranched alkanes of at least 4 members (excludes halogenated alkanes) is 2. The lowest BCUT2D eigenvalue weighted by molar-refractivity contribution is 0.672. The number of pyridine rings is 1. The summed E-state index contributed by atoms with van der Waals surface area (Å²) in [6, 6.07) is 3.88. The van der Waals surface area contributed by atoms with E-state index in [4.69, 9.17) is 4.98 Å². The molecule has 3 aromatic rings. The van der Waals surface area contributed by atoms with E-state index in [-0.39, 0.29) is 0 Å². The Kier molecular flexibility index (Phi) is 5.36. The van der Waals surface area contributed by atoms with Gasteiger partial charge in [-0.25, -0.2) is 15.0 Å². The Morgan fingerprint density at radius 2 is 1.71 bits per heavy atom. The molecular formula is C18H24N6. The number of nitrogens with one attached hydrogen (secondary N) is 1. The second-order valence-corrected chi connectivity index (χ2v) is 5.91. The molecule has 0 amide bonds. The molecule has 3 aromatic heterocycles. The zero-order valence-electron chi connectivity index (χ0n) is 14.4. The minimum Gasteiger partial charge on any atom is -0.355 e. The number of H-pyrrole nitrogens is 1. The maximum atomic E-state index is 4.77. The van der Waals surface area contributed by atoms with Crippen LogP contribution in [0.3, 0.4) is 0 Å². The summed E-state index contributed by atoms with van der Waals surface area (Å²) in [6.07, 6.45) is 9.79. The third-order valence-corrected chi connectivity index (χ3v) is 4.08. The van der Waals surface area contributed by atoms with Gasteiger partial charge in [-0.3, -0.25) is 4.98 Å². The average molecular weight is 324 g/mol. The molecule has 1 N–H and O–H groups in total. The van der Waals surface area contributed by atoms with Crippen molar-refractivity contribution in [2.24, 2.45) is 0 Å². The van der Waals surface area contributed by atoms with Crippen LogP contribution in [-0.2, 0) is 0 Å². The zero-order chi connectivity index (χ0) is 16.8. The summed E-state index contributed by atoms with van der Waals surface area (Å²) in [5.74, 6) is 1.73. The van der Waals surface area contributed by atoms with Gasteiger partial charge in [-0.05, 0) is 25.0 Å². The highest BCUT2D eigenvalue weighted by Crippen LogP contribution is 2.25. The monoisotopic (exact) mass is 324 g/mol. The van der Waals surface area contributed by atoms with Gasteiger partial charge in [0.25, 0.3) is 0 Å². The summed E-state index contributed by atoms with van der Waals surface area (Å²) in [7, 11) is 0. The lowest BCUT2D eigenvalue weighted by atomic mass is 10.2. The predicted octanol–water partition coefficient (Wildman–Crippen LogP) is 3.82. The summed E-state index contributed by atoms with van der Waals surface area (Å²) < 4.78 is 0. The highest BCUT2D eigenvalue weighted by atomic mass is 15.2. The van der Waals surface area contributed by atoms with Gasteiger partial charge in [0.05, 0.1) is 0 Å². The van der Waals surface area contributed by atoms with E-state index >= 15 is 0 Å². The van der Waals surface area contributed by atoms with Crippen LogP contribution < -0.4 is 4.90 Å². The molecule has 0 aliphatic carbocycles. The number of hydrogen-bond acceptors (Lipinski definition) is 5. The van der Waals surface area contributed by atoms with Crippen molar-refractivity contribution in [3.63, 3.8) is 0 Å². The van der Waals surface area contributed by atoms with Gasteiger partial charge in [0.2, 0.25) is 0 Å². The number of nitrogens with zero attached hydrogens (tertiary/aromatic N) is 5. The minimum absolute atomic E-state index is 0.782. The van der Waals surface area contributed by atoms with Crippen LogP contribution in [0.2, 0.25) is 0 Å². The van der Waals surface area contributed by atoms with Crippen molar-refractivity contribution < 1.29 is 0 Å². The van der Waals surface area contributed by atoms with E-state index < -0.39 is 0 Å². The normalized spacial score (nSPS) is 11.1. The molecular weight excluding hydrogens is 300 g/mol. The first-order valence-corrected chi connectivity index (χ1v) is 8.69. The summed E-state index contributed by atoms with van der Waals surface area (Å²) in [5, 5.41) is 0. The van der Waals surface area contributed by atoms with E-state index in [1.807, 2.05) is 12.1 Å². The van der Waals surface area contributed by atoms with Crippen molar-refractivity contribution >= 4 is 17.0 Å². The molecule has 126 valence electrons. The fourth-order valence-electron chi connectivity index (χ4n) is 2.72. The highest BCUT2D eigenvalue weighted by Gasteiger charge is 2.16. The smallest absolute Gasteiger partial charge is 0.163 e. The van der Waals surface area contributed by atoms with E-state index in [9.17, 15) is 0 Å². The molecule has 3 rings (SSSR count). The number of anilines is 1. The quantitative estimate of drug-likeness (QED) is 0.682. The van der Waals surface area contributed by atoms with Gasteiger partial charge in [0.15, 0.2) is 17.0 Å². The lowest BCUT2D eigenvalue weighted by Gasteiger charge is -2.23. The van der Waals surface area contributed by atoms with Crippen LogP contribution in [0.5, 0.6) is 0 Å². The Labute approximate surface area is 142 Å². The van der Waals surface area contributed by atoms with Crippen molar-refractivity contribution in [3.05, 3.63) is 30.9 Å². The number of fused-ring (bicyclic) bond motifs is 1. The molecule has 0 saturated carbocycles. The summed E-state index contributed by atoms with van der Waals surface area (Å²) in [5.41, 5.74) is 2.63. The maximum Gasteiger partial charge on any atom is 0.163 e. The average Bonchev–Trinajstić information content (AvgIpc) is 3.07. The molecule has 24 heavy (non-hydrogen) atoms. The molecule has 0 aliphatic heterocycles. The summed E-state index contributed by atoms with van der Waals surface area (Å²) in [6.45, 7) is 6.42. The Balaban J connectivity index is 1.98. The van der Waals surface area contributed by atoms with E-state index in [0.29, 0.717) is 0 Å². The zero-order valence-corrected chi connectivity index (χ0v) is 14.4. The summed E-state index contributed by atoms with van der Waals surface area (Å²) >= 11 is 0. The largest absolute Gasteiger partial charge is 0.355 e. The fourth-order valence-corrected chi connectivity index (χ4v) is 2.72. The highest BCUT2D eigenvalue weighted by molar-refractivity contribution is 5.85. The summed E-state index contributed by atoms with van der Waals surface area (Å²) in [4.78, 5) is 23.4. The fraction of sp³-hybridized carbons (Fsp3) is 0.444. The van der Waals surface area contributed by atoms with Gasteiger partial charge in [0, 0.05) is 31.0 Å². The second-order valence-electron chi connectivity index (χ2n) is 5.91. The number of imidazole rings is 1. The predicted molar refractivity (Wildman–Crippen MR) is 96.9 cm³/mol. The first-order chi connectivity index (χ1) is 11.8. The molecule has 0 radical (unpaired) electrons. The molecule has 0 fully saturated rings. The Morgan fingerprint density at radius 1 is 1.00 bits per heavy atom. The first kappa shape index (κ1) is 16.4. The number of aromatic amines is 1. The van der Waals surface area contributed by atoms with Crippen LogP contribution in [0, 0.1) is 0 Å². The van der Waals surface area contributed by atoms with Crippen LogP contribution >= 0.6 is 0 Å². The van der Waals surface area contributed by atoms with Crippen LogP contribution in [0.25, 0.3) is 22.6 Å². The van der Waals surface area contributed by atoms with Gasteiger partial charge in [-0.2, -0.15) is 0 Å². The molecule has 0 aromatic carbocycles. The Hall–Kier alpha value is -2.50. The van der Waals surface area contributed by atoms with Gasteiger partial charge < -0.3 is 9.88 Å². The van der Waals surface area contributed by atoms with Crippen LogP contribution in [-0.4, -0.2) is 38.0 Å². The number of rotatable bonds is 8. The third-order valence-electron chi connectivity index (χ3n) is 4.08. The molecule has 0 bridgehead atoms. The molecule has 0 aliphatic rings. The van der Waals surface area contributed by atoms with Crippen molar-refractivity contribution in [2.75, 3.05) is 18.0 Å². The molecule has 0 unspecified atom stereocenters.